The van der Waals surface area contributed by atoms with E-state index < -0.39 is 0 Å². The smallest absolute Gasteiger partial charge is 0.272 e. The van der Waals surface area contributed by atoms with Crippen LogP contribution < -0.4 is 0 Å². The Bertz CT molecular complexity index is 701. The Hall–Kier alpha value is -1.40. The molecule has 2 aromatic heterocycles. The predicted octanol–water partition coefficient (Wildman–Crippen LogP) is 2.10. The van der Waals surface area contributed by atoms with Crippen LogP contribution in [-0.2, 0) is 0 Å². The van der Waals surface area contributed by atoms with Gasteiger partial charge in [-0.15, -0.1) is 0 Å². The fourth-order valence-corrected chi connectivity index (χ4v) is 3.35. The molecule has 6 heteroatoms. The Labute approximate surface area is 132 Å². The number of rotatable bonds is 1. The van der Waals surface area contributed by atoms with Crippen molar-refractivity contribution in [1.29, 1.82) is 0 Å². The number of amides is 1. The molecule has 3 heterocycles. The minimum atomic E-state index is 0.0746. The first-order chi connectivity index (χ1) is 9.97. The molecule has 1 fully saturated rings. The summed E-state index contributed by atoms with van der Waals surface area (Å²) in [5, 5.41) is 0. The summed E-state index contributed by atoms with van der Waals surface area (Å²) in [7, 11) is 2.09. The van der Waals surface area contributed by atoms with Gasteiger partial charge in [0.05, 0.1) is 5.69 Å². The van der Waals surface area contributed by atoms with Gasteiger partial charge in [-0.1, -0.05) is 0 Å². The number of carbonyl (C=O) groups excluding carboxylic acids is 1. The molecule has 0 spiro atoms. The summed E-state index contributed by atoms with van der Waals surface area (Å²) < 4.78 is 2.87. The van der Waals surface area contributed by atoms with E-state index in [1.54, 1.807) is 0 Å². The molecule has 0 saturated carbocycles. The normalized spacial score (nSPS) is 16.7. The standard InChI is InChI=1S/C15H19BrN4O/c1-10-8-12(16)9-20-13(11(2)17-14(10)20)15(21)19-6-4-18(3)5-7-19/h8-9H,4-7H2,1-3H3. The molecule has 2 aromatic rings. The third kappa shape index (κ3) is 2.58. The Balaban J connectivity index is 2.03. The van der Waals surface area contributed by atoms with Gasteiger partial charge in [-0.05, 0) is 48.5 Å². The number of piperazine rings is 1. The lowest BCUT2D eigenvalue weighted by Gasteiger charge is -2.32. The topological polar surface area (TPSA) is 40.9 Å². The number of pyridine rings is 1. The Kier molecular flexibility index (Phi) is 3.75. The third-order valence-corrected chi connectivity index (χ3v) is 4.47. The average Bonchev–Trinajstić information content (AvgIpc) is 2.75. The number of halogens is 1. The fraction of sp³-hybridized carbons (Fsp3) is 0.467. The van der Waals surface area contributed by atoms with Crippen molar-refractivity contribution in [1.82, 2.24) is 19.2 Å². The zero-order valence-electron chi connectivity index (χ0n) is 12.6. The predicted molar refractivity (Wildman–Crippen MR) is 85.8 cm³/mol. The molecule has 1 saturated heterocycles. The minimum Gasteiger partial charge on any atom is -0.335 e. The van der Waals surface area contributed by atoms with Crippen molar-refractivity contribution >= 4 is 27.5 Å². The lowest BCUT2D eigenvalue weighted by molar-refractivity contribution is 0.0656. The van der Waals surface area contributed by atoms with Crippen molar-refractivity contribution < 1.29 is 4.79 Å². The van der Waals surface area contributed by atoms with Crippen LogP contribution in [0.15, 0.2) is 16.7 Å². The SMILES string of the molecule is Cc1nc2c(C)cc(Br)cn2c1C(=O)N1CCN(C)CC1. The van der Waals surface area contributed by atoms with Crippen molar-refractivity contribution in [3.63, 3.8) is 0 Å². The molecule has 0 aliphatic carbocycles. The highest BCUT2D eigenvalue weighted by atomic mass is 79.9. The van der Waals surface area contributed by atoms with Gasteiger partial charge in [-0.25, -0.2) is 4.98 Å². The number of likely N-dealkylation sites (N-methyl/N-ethyl adjacent to an activating group) is 1. The Morgan fingerprint density at radius 1 is 1.24 bits per heavy atom. The molecule has 1 aliphatic rings. The Morgan fingerprint density at radius 2 is 1.90 bits per heavy atom. The zero-order chi connectivity index (χ0) is 15.1. The number of carbonyl (C=O) groups is 1. The van der Waals surface area contributed by atoms with Crippen LogP contribution in [0.4, 0.5) is 0 Å². The number of hydrogen-bond donors (Lipinski definition) is 0. The first-order valence-corrected chi connectivity index (χ1v) is 7.89. The van der Waals surface area contributed by atoms with Crippen LogP contribution in [0.1, 0.15) is 21.7 Å². The average molecular weight is 351 g/mol. The van der Waals surface area contributed by atoms with Gasteiger partial charge in [-0.3, -0.25) is 9.20 Å². The first kappa shape index (κ1) is 14.5. The molecule has 0 aromatic carbocycles. The number of aryl methyl sites for hydroxylation is 2. The van der Waals surface area contributed by atoms with E-state index >= 15 is 0 Å². The van der Waals surface area contributed by atoms with Gasteiger partial charge in [0.1, 0.15) is 11.3 Å². The van der Waals surface area contributed by atoms with Gasteiger partial charge >= 0.3 is 0 Å². The van der Waals surface area contributed by atoms with E-state index in [9.17, 15) is 4.79 Å². The van der Waals surface area contributed by atoms with E-state index in [0.29, 0.717) is 5.69 Å². The molecule has 112 valence electrons. The summed E-state index contributed by atoms with van der Waals surface area (Å²) in [5.41, 5.74) is 3.39. The van der Waals surface area contributed by atoms with Gasteiger partial charge < -0.3 is 9.80 Å². The van der Waals surface area contributed by atoms with Crippen LogP contribution in [0.5, 0.6) is 0 Å². The Morgan fingerprint density at radius 3 is 2.57 bits per heavy atom. The highest BCUT2D eigenvalue weighted by molar-refractivity contribution is 9.10. The summed E-state index contributed by atoms with van der Waals surface area (Å²) in [6.07, 6.45) is 1.92. The molecule has 0 unspecified atom stereocenters. The maximum atomic E-state index is 12.9. The first-order valence-electron chi connectivity index (χ1n) is 7.10. The summed E-state index contributed by atoms with van der Waals surface area (Å²) in [4.78, 5) is 21.6. The van der Waals surface area contributed by atoms with Gasteiger partial charge in [0.2, 0.25) is 0 Å². The second-order valence-electron chi connectivity index (χ2n) is 5.68. The molecular weight excluding hydrogens is 332 g/mol. The number of imidazole rings is 1. The van der Waals surface area contributed by atoms with Crippen molar-refractivity contribution in [2.24, 2.45) is 0 Å². The lowest BCUT2D eigenvalue weighted by Crippen LogP contribution is -2.47. The van der Waals surface area contributed by atoms with E-state index in [-0.39, 0.29) is 5.91 Å². The lowest BCUT2D eigenvalue weighted by atomic mass is 10.2. The number of hydrogen-bond acceptors (Lipinski definition) is 3. The highest BCUT2D eigenvalue weighted by Crippen LogP contribution is 2.21. The van der Waals surface area contributed by atoms with Crippen molar-refractivity contribution in [3.8, 4) is 0 Å². The number of nitrogens with zero attached hydrogens (tertiary/aromatic N) is 4. The highest BCUT2D eigenvalue weighted by Gasteiger charge is 2.25. The van der Waals surface area contributed by atoms with Crippen LogP contribution in [-0.4, -0.2) is 58.3 Å². The van der Waals surface area contributed by atoms with Gasteiger partial charge in [0.15, 0.2) is 0 Å². The molecule has 0 bridgehead atoms. The largest absolute Gasteiger partial charge is 0.335 e. The van der Waals surface area contributed by atoms with E-state index in [0.717, 1.165) is 47.6 Å². The van der Waals surface area contributed by atoms with Crippen LogP contribution in [0.3, 0.4) is 0 Å². The molecule has 0 N–H and O–H groups in total. The molecule has 1 aliphatic heterocycles. The quantitative estimate of drug-likeness (QED) is 0.790. The van der Waals surface area contributed by atoms with Crippen molar-refractivity contribution in [3.05, 3.63) is 33.7 Å². The van der Waals surface area contributed by atoms with E-state index in [1.165, 1.54) is 0 Å². The van der Waals surface area contributed by atoms with Crippen molar-refractivity contribution in [2.45, 2.75) is 13.8 Å². The van der Waals surface area contributed by atoms with E-state index in [1.807, 2.05) is 35.4 Å². The summed E-state index contributed by atoms with van der Waals surface area (Å²) >= 11 is 3.50. The number of fused-ring (bicyclic) bond motifs is 1. The van der Waals surface area contributed by atoms with Crippen LogP contribution in [0.2, 0.25) is 0 Å². The van der Waals surface area contributed by atoms with Gasteiger partial charge in [-0.2, -0.15) is 0 Å². The molecule has 3 rings (SSSR count). The zero-order valence-corrected chi connectivity index (χ0v) is 14.1. The molecular formula is C15H19BrN4O. The maximum Gasteiger partial charge on any atom is 0.272 e. The molecule has 1 amide bonds. The fourth-order valence-electron chi connectivity index (χ4n) is 2.80. The van der Waals surface area contributed by atoms with Crippen molar-refractivity contribution in [2.75, 3.05) is 33.2 Å². The van der Waals surface area contributed by atoms with E-state index in [2.05, 4.69) is 32.9 Å². The van der Waals surface area contributed by atoms with E-state index in [4.69, 9.17) is 0 Å². The molecule has 0 radical (unpaired) electrons. The monoisotopic (exact) mass is 350 g/mol. The maximum absolute atomic E-state index is 12.9. The van der Waals surface area contributed by atoms with Crippen LogP contribution in [0.25, 0.3) is 5.65 Å². The summed E-state index contributed by atoms with van der Waals surface area (Å²) in [6, 6.07) is 2.02. The summed E-state index contributed by atoms with van der Waals surface area (Å²) in [5.74, 6) is 0.0746. The van der Waals surface area contributed by atoms with Gasteiger partial charge in [0.25, 0.3) is 5.91 Å². The second kappa shape index (κ2) is 5.42. The molecule has 5 nitrogen and oxygen atoms in total. The minimum absolute atomic E-state index is 0.0746. The van der Waals surface area contributed by atoms with Gasteiger partial charge in [0, 0.05) is 36.8 Å². The summed E-state index contributed by atoms with van der Waals surface area (Å²) in [6.45, 7) is 7.30. The number of aromatic nitrogens is 2. The van der Waals surface area contributed by atoms with Crippen LogP contribution >= 0.6 is 15.9 Å². The molecule has 21 heavy (non-hydrogen) atoms. The third-order valence-electron chi connectivity index (χ3n) is 4.04. The van der Waals surface area contributed by atoms with Crippen LogP contribution in [0, 0.1) is 13.8 Å². The second-order valence-corrected chi connectivity index (χ2v) is 6.59. The molecule has 0 atom stereocenters.